The fourth-order valence-electron chi connectivity index (χ4n) is 7.23. The second-order valence-electron chi connectivity index (χ2n) is 14.6. The van der Waals surface area contributed by atoms with Crippen LogP contribution in [0.4, 0.5) is 0 Å². The van der Waals surface area contributed by atoms with Crippen LogP contribution in [-0.4, -0.2) is 24.6 Å². The molecule has 0 fully saturated rings. The van der Waals surface area contributed by atoms with Crippen LogP contribution in [-0.2, 0) is 0 Å². The van der Waals surface area contributed by atoms with Crippen molar-refractivity contribution in [1.82, 2.24) is 0 Å². The summed E-state index contributed by atoms with van der Waals surface area (Å²) >= 11 is 3.23. The van der Waals surface area contributed by atoms with Gasteiger partial charge >= 0.3 is 257 Å². The van der Waals surface area contributed by atoms with Crippen LogP contribution in [0.25, 0.3) is 0 Å². The average Bonchev–Trinajstić information content (AvgIpc) is 2.99. The molecule has 0 aromatic carbocycles. The van der Waals surface area contributed by atoms with Crippen molar-refractivity contribution in [3.05, 3.63) is 0 Å². The molecule has 0 amide bonds. The molecule has 0 aromatic heterocycles. The van der Waals surface area contributed by atoms with E-state index < -0.39 is 4.25 Å². The third-order valence-corrected chi connectivity index (χ3v) is 21.8. The van der Waals surface area contributed by atoms with E-state index in [9.17, 15) is 0 Å². The van der Waals surface area contributed by atoms with Crippen LogP contribution >= 0.6 is 26.3 Å². The first kappa shape index (κ1) is 43.2. The van der Waals surface area contributed by atoms with Crippen LogP contribution in [0.1, 0.15) is 233 Å². The van der Waals surface area contributed by atoms with Gasteiger partial charge in [0, 0.05) is 0 Å². The summed E-state index contributed by atoms with van der Waals surface area (Å²) in [5.74, 6) is 0. The normalized spacial score (nSPS) is 13.0. The summed E-state index contributed by atoms with van der Waals surface area (Å²) in [7, 11) is 0. The molecule has 0 aromatic rings. The van der Waals surface area contributed by atoms with Crippen molar-refractivity contribution in [3.63, 3.8) is 0 Å². The van der Waals surface area contributed by atoms with Crippen LogP contribution in [0.3, 0.4) is 0 Å². The average molecular weight is 723 g/mol. The van der Waals surface area contributed by atoms with Crippen LogP contribution in [0.15, 0.2) is 0 Å². The summed E-state index contributed by atoms with van der Waals surface area (Å²) in [6.07, 6.45) is 53.7. The van der Waals surface area contributed by atoms with E-state index in [-0.39, 0.29) is 0 Å². The van der Waals surface area contributed by atoms with Gasteiger partial charge in [-0.1, -0.05) is 26.7 Å². The summed E-state index contributed by atoms with van der Waals surface area (Å²) in [4.78, 5) is 0. The first-order chi connectivity index (χ1) is 20.5. The zero-order valence-electron chi connectivity index (χ0n) is 30.3. The molecule has 0 nitrogen and oxygen atoms in total. The Morgan fingerprint density at radius 1 is 0.238 bits per heavy atom. The Morgan fingerprint density at radius 3 is 0.571 bits per heavy atom. The zero-order chi connectivity index (χ0) is 30.9. The number of halogens is 1. The molecule has 256 valence electrons. The van der Waals surface area contributed by atoms with Crippen molar-refractivity contribution in [2.45, 2.75) is 233 Å². The van der Waals surface area contributed by atoms with Crippen LogP contribution in [0, 0.1) is 0 Å². The Kier molecular flexibility index (Phi) is 33.0. The molecule has 0 heterocycles. The van der Waals surface area contributed by atoms with Crippen molar-refractivity contribution >= 4 is 26.3 Å². The molecular formula is C40H84IP. The second-order valence-corrected chi connectivity index (χ2v) is 28.2. The van der Waals surface area contributed by atoms with Crippen molar-refractivity contribution in [2.24, 2.45) is 0 Å². The van der Waals surface area contributed by atoms with Gasteiger partial charge in [0.2, 0.25) is 0 Å². The summed E-state index contributed by atoms with van der Waals surface area (Å²) in [6.45, 7) is 9.41. The van der Waals surface area contributed by atoms with Crippen LogP contribution in [0.2, 0.25) is 0 Å². The first-order valence-corrected chi connectivity index (χ1v) is 26.0. The molecule has 0 bridgehead atoms. The van der Waals surface area contributed by atoms with Gasteiger partial charge in [0.25, 0.3) is 0 Å². The number of rotatable bonds is 36. The third kappa shape index (κ3) is 27.5. The molecule has 0 spiro atoms. The molecule has 0 aliphatic heterocycles. The molecule has 0 radical (unpaired) electrons. The van der Waals surface area contributed by atoms with Gasteiger partial charge in [-0.2, -0.15) is 0 Å². The van der Waals surface area contributed by atoms with Gasteiger partial charge in [-0.25, -0.2) is 0 Å². The fraction of sp³-hybridized carbons (Fsp3) is 1.00. The van der Waals surface area contributed by atoms with Gasteiger partial charge < -0.3 is 0 Å². The molecular weight excluding hydrogens is 638 g/mol. The molecule has 42 heavy (non-hydrogen) atoms. The topological polar surface area (TPSA) is 0 Å². The van der Waals surface area contributed by atoms with Gasteiger partial charge in [-0.15, -0.1) is 0 Å². The first-order valence-electron chi connectivity index (χ1n) is 20.3. The molecule has 2 heteroatoms. The van der Waals surface area contributed by atoms with Gasteiger partial charge in [0.15, 0.2) is 0 Å². The molecule has 0 saturated carbocycles. The molecule has 0 rings (SSSR count). The van der Waals surface area contributed by atoms with Crippen molar-refractivity contribution in [2.75, 3.05) is 24.6 Å². The summed E-state index contributed by atoms with van der Waals surface area (Å²) in [5.41, 5.74) is 0. The Hall–Kier alpha value is 1.16. The minimum atomic E-state index is -1.62. The van der Waals surface area contributed by atoms with Gasteiger partial charge in [0.05, 0.1) is 0 Å². The van der Waals surface area contributed by atoms with E-state index in [0.29, 0.717) is 0 Å². The Labute approximate surface area is 282 Å². The predicted molar refractivity (Wildman–Crippen MR) is 211 cm³/mol. The fourth-order valence-corrected chi connectivity index (χ4v) is 16.7. The summed E-state index contributed by atoms with van der Waals surface area (Å²) in [5, 5.41) is 0. The third-order valence-electron chi connectivity index (χ3n) is 10.3. The minimum Gasteiger partial charge on any atom is -0.0654 e. The molecule has 0 aliphatic rings. The maximum absolute atomic E-state index is 3.23. The summed E-state index contributed by atoms with van der Waals surface area (Å²) in [6, 6.07) is 0. The van der Waals surface area contributed by atoms with Crippen molar-refractivity contribution in [3.8, 4) is 0 Å². The van der Waals surface area contributed by atoms with E-state index in [1.807, 2.05) is 0 Å². The molecule has 0 unspecified atom stereocenters. The van der Waals surface area contributed by atoms with Gasteiger partial charge in [-0.05, 0) is 0 Å². The number of unbranched alkanes of at least 4 members (excludes halogenated alkanes) is 28. The molecule has 0 saturated heterocycles. The van der Waals surface area contributed by atoms with Crippen LogP contribution < -0.4 is 0 Å². The number of hydrogen-bond donors (Lipinski definition) is 0. The molecule has 0 atom stereocenters. The quantitative estimate of drug-likeness (QED) is 0.0343. The van der Waals surface area contributed by atoms with Crippen LogP contribution in [0.5, 0.6) is 0 Å². The van der Waals surface area contributed by atoms with E-state index in [2.05, 4.69) is 49.7 Å². The van der Waals surface area contributed by atoms with Crippen molar-refractivity contribution < 1.29 is 0 Å². The van der Waals surface area contributed by atoms with Gasteiger partial charge in [-0.3, -0.25) is 0 Å². The standard InChI is InChI=1S/C40H84IP/c1-5-9-13-17-19-21-23-25-27-29-31-35-39-42(41,37-33-15-11-7-3,38-34-16-12-8-4)40-36-32-30-28-26-24-22-20-18-14-10-6-2/h5-40H2,1-4H3. The zero-order valence-corrected chi connectivity index (χ0v) is 33.3. The van der Waals surface area contributed by atoms with E-state index in [4.69, 9.17) is 0 Å². The molecule has 0 N–H and O–H groups in total. The predicted octanol–water partition coefficient (Wildman–Crippen LogP) is 16.5. The molecule has 0 aliphatic carbocycles. The van der Waals surface area contributed by atoms with E-state index in [1.165, 1.54) is 205 Å². The van der Waals surface area contributed by atoms with E-state index in [1.54, 1.807) is 24.6 Å². The Morgan fingerprint density at radius 2 is 0.381 bits per heavy atom. The Balaban J connectivity index is 4.60. The maximum atomic E-state index is 3.23. The summed E-state index contributed by atoms with van der Waals surface area (Å²) < 4.78 is -1.62. The SMILES string of the molecule is CCCCCCCCCCCCCCP(I)(CCCCCC)(CCCCCC)CCCCCCCCCCCCCC. The smallest absolute Gasteiger partial charge is 0.0654 e. The number of hydrogen-bond acceptors (Lipinski definition) is 0. The minimum absolute atomic E-state index is 1.37. The monoisotopic (exact) mass is 723 g/mol. The van der Waals surface area contributed by atoms with E-state index in [0.717, 1.165) is 0 Å². The Bertz CT molecular complexity index is 474. The second kappa shape index (κ2) is 32.1. The van der Waals surface area contributed by atoms with Gasteiger partial charge in [0.1, 0.15) is 0 Å². The van der Waals surface area contributed by atoms with Crippen molar-refractivity contribution in [1.29, 1.82) is 0 Å². The van der Waals surface area contributed by atoms with E-state index >= 15 is 0 Å².